The summed E-state index contributed by atoms with van der Waals surface area (Å²) in [7, 11) is 0. The SMILES string of the molecule is Cc1ccccc1Oc1nccnc1[C@@H]1CCCN(C(=O)Cc2cccnc2)C1. The van der Waals surface area contributed by atoms with E-state index in [-0.39, 0.29) is 11.8 Å². The fourth-order valence-electron chi connectivity index (χ4n) is 3.69. The predicted octanol–water partition coefficient (Wildman–Crippen LogP) is 3.92. The van der Waals surface area contributed by atoms with Crippen molar-refractivity contribution in [1.82, 2.24) is 19.9 Å². The van der Waals surface area contributed by atoms with E-state index in [0.29, 0.717) is 18.8 Å². The number of aromatic nitrogens is 3. The van der Waals surface area contributed by atoms with E-state index in [0.717, 1.165) is 42.0 Å². The Morgan fingerprint density at radius 2 is 2.00 bits per heavy atom. The topological polar surface area (TPSA) is 68.2 Å². The number of para-hydroxylation sites is 1. The van der Waals surface area contributed by atoms with Gasteiger partial charge in [0.05, 0.1) is 6.42 Å². The van der Waals surface area contributed by atoms with E-state index < -0.39 is 0 Å². The number of benzene rings is 1. The summed E-state index contributed by atoms with van der Waals surface area (Å²) < 4.78 is 6.10. The second-order valence-corrected chi connectivity index (χ2v) is 7.33. The smallest absolute Gasteiger partial charge is 0.241 e. The van der Waals surface area contributed by atoms with Crippen LogP contribution in [0.2, 0.25) is 0 Å². The molecule has 0 radical (unpaired) electrons. The lowest BCUT2D eigenvalue weighted by Crippen LogP contribution is -2.40. The van der Waals surface area contributed by atoms with Crippen molar-refractivity contribution in [2.45, 2.75) is 32.1 Å². The summed E-state index contributed by atoms with van der Waals surface area (Å²) in [6, 6.07) is 11.6. The van der Waals surface area contributed by atoms with Gasteiger partial charge in [0.1, 0.15) is 11.4 Å². The summed E-state index contributed by atoms with van der Waals surface area (Å²) in [5.41, 5.74) is 2.79. The van der Waals surface area contributed by atoms with Crippen LogP contribution in [0, 0.1) is 6.92 Å². The summed E-state index contributed by atoms with van der Waals surface area (Å²) in [5, 5.41) is 0. The molecule has 0 saturated carbocycles. The van der Waals surface area contributed by atoms with Crippen LogP contribution in [0.15, 0.2) is 61.2 Å². The summed E-state index contributed by atoms with van der Waals surface area (Å²) >= 11 is 0. The molecule has 0 spiro atoms. The molecule has 6 heteroatoms. The molecule has 3 aromatic rings. The molecule has 1 saturated heterocycles. The molecule has 4 rings (SSSR count). The molecule has 1 fully saturated rings. The lowest BCUT2D eigenvalue weighted by molar-refractivity contribution is -0.131. The Morgan fingerprint density at radius 1 is 1.14 bits per heavy atom. The zero-order chi connectivity index (χ0) is 20.1. The van der Waals surface area contributed by atoms with Gasteiger partial charge in [-0.05, 0) is 43.0 Å². The van der Waals surface area contributed by atoms with Crippen molar-refractivity contribution < 1.29 is 9.53 Å². The molecule has 148 valence electrons. The zero-order valence-electron chi connectivity index (χ0n) is 16.5. The molecule has 29 heavy (non-hydrogen) atoms. The number of pyridine rings is 1. The third kappa shape index (κ3) is 4.59. The monoisotopic (exact) mass is 388 g/mol. The summed E-state index contributed by atoms with van der Waals surface area (Å²) in [6.07, 6.45) is 9.06. The number of nitrogens with zero attached hydrogens (tertiary/aromatic N) is 4. The number of hydrogen-bond donors (Lipinski definition) is 0. The highest BCUT2D eigenvalue weighted by atomic mass is 16.5. The van der Waals surface area contributed by atoms with Crippen molar-refractivity contribution in [3.8, 4) is 11.6 Å². The van der Waals surface area contributed by atoms with Crippen LogP contribution < -0.4 is 4.74 Å². The van der Waals surface area contributed by atoms with Crippen LogP contribution in [-0.2, 0) is 11.2 Å². The predicted molar refractivity (Wildman–Crippen MR) is 110 cm³/mol. The Hall–Kier alpha value is -3.28. The first kappa shape index (κ1) is 19.1. The highest BCUT2D eigenvalue weighted by Gasteiger charge is 2.28. The van der Waals surface area contributed by atoms with Crippen LogP contribution >= 0.6 is 0 Å². The first-order valence-electron chi connectivity index (χ1n) is 9.92. The minimum Gasteiger partial charge on any atom is -0.437 e. The summed E-state index contributed by atoms with van der Waals surface area (Å²) in [4.78, 5) is 27.8. The molecular formula is C23H24N4O2. The number of amides is 1. The second kappa shape index (κ2) is 8.82. The van der Waals surface area contributed by atoms with Gasteiger partial charge in [-0.25, -0.2) is 4.98 Å². The Balaban J connectivity index is 1.50. The molecular weight excluding hydrogens is 364 g/mol. The van der Waals surface area contributed by atoms with Crippen LogP contribution in [0.5, 0.6) is 11.6 Å². The maximum absolute atomic E-state index is 12.8. The molecule has 0 aliphatic carbocycles. The number of hydrogen-bond acceptors (Lipinski definition) is 5. The molecule has 0 bridgehead atoms. The van der Waals surface area contributed by atoms with Gasteiger partial charge >= 0.3 is 0 Å². The lowest BCUT2D eigenvalue weighted by Gasteiger charge is -2.33. The lowest BCUT2D eigenvalue weighted by atomic mass is 9.94. The van der Waals surface area contributed by atoms with E-state index in [4.69, 9.17) is 4.74 Å². The van der Waals surface area contributed by atoms with Gasteiger partial charge in [-0.3, -0.25) is 14.8 Å². The molecule has 0 unspecified atom stereocenters. The molecule has 1 aliphatic heterocycles. The first-order valence-corrected chi connectivity index (χ1v) is 9.92. The van der Waals surface area contributed by atoms with E-state index in [1.807, 2.05) is 48.2 Å². The summed E-state index contributed by atoms with van der Waals surface area (Å²) in [5.74, 6) is 1.52. The van der Waals surface area contributed by atoms with E-state index in [2.05, 4.69) is 15.0 Å². The van der Waals surface area contributed by atoms with Gasteiger partial charge < -0.3 is 9.64 Å². The highest BCUT2D eigenvalue weighted by molar-refractivity contribution is 5.78. The Bertz CT molecular complexity index is 977. The average molecular weight is 388 g/mol. The Labute approximate surface area is 170 Å². The number of carbonyl (C=O) groups excluding carboxylic acids is 1. The average Bonchev–Trinajstić information content (AvgIpc) is 2.76. The van der Waals surface area contributed by atoms with E-state index in [1.165, 1.54) is 0 Å². The molecule has 0 N–H and O–H groups in total. The van der Waals surface area contributed by atoms with E-state index in [9.17, 15) is 4.79 Å². The maximum Gasteiger partial charge on any atom is 0.241 e. The molecule has 6 nitrogen and oxygen atoms in total. The standard InChI is InChI=1S/C23H24N4O2/c1-17-6-2-3-9-20(17)29-23-22(25-11-12-26-23)19-8-5-13-27(16-19)21(28)14-18-7-4-10-24-15-18/h2-4,6-7,9-12,15,19H,5,8,13-14,16H2,1H3/t19-/m1/s1. The van der Waals surface area contributed by atoms with Gasteiger partial charge in [0.2, 0.25) is 11.8 Å². The second-order valence-electron chi connectivity index (χ2n) is 7.33. The number of aryl methyl sites for hydroxylation is 1. The van der Waals surface area contributed by atoms with Crippen LogP contribution in [0.4, 0.5) is 0 Å². The van der Waals surface area contributed by atoms with Crippen LogP contribution in [-0.4, -0.2) is 38.8 Å². The minimum atomic E-state index is 0.106. The summed E-state index contributed by atoms with van der Waals surface area (Å²) in [6.45, 7) is 3.40. The fraction of sp³-hybridized carbons (Fsp3) is 0.304. The first-order chi connectivity index (χ1) is 14.2. The van der Waals surface area contributed by atoms with Crippen molar-refractivity contribution in [2.24, 2.45) is 0 Å². The van der Waals surface area contributed by atoms with E-state index in [1.54, 1.807) is 24.8 Å². The normalized spacial score (nSPS) is 16.4. The number of ether oxygens (including phenoxy) is 1. The van der Waals surface area contributed by atoms with Crippen molar-refractivity contribution in [3.63, 3.8) is 0 Å². The fourth-order valence-corrected chi connectivity index (χ4v) is 3.69. The maximum atomic E-state index is 12.8. The van der Waals surface area contributed by atoms with Crippen molar-refractivity contribution >= 4 is 5.91 Å². The quantitative estimate of drug-likeness (QED) is 0.663. The van der Waals surface area contributed by atoms with Crippen molar-refractivity contribution in [3.05, 3.63) is 78.0 Å². The highest BCUT2D eigenvalue weighted by Crippen LogP contribution is 2.33. The number of likely N-dealkylation sites (tertiary alicyclic amines) is 1. The molecule has 1 amide bonds. The van der Waals surface area contributed by atoms with Crippen LogP contribution in [0.25, 0.3) is 0 Å². The van der Waals surface area contributed by atoms with Crippen molar-refractivity contribution in [2.75, 3.05) is 13.1 Å². The Kier molecular flexibility index (Phi) is 5.79. The van der Waals surface area contributed by atoms with Crippen LogP contribution in [0.3, 0.4) is 0 Å². The van der Waals surface area contributed by atoms with Crippen molar-refractivity contribution in [1.29, 1.82) is 0 Å². The van der Waals surface area contributed by atoms with Crippen LogP contribution in [0.1, 0.15) is 35.6 Å². The van der Waals surface area contributed by atoms with Gasteiger partial charge in [0.25, 0.3) is 0 Å². The third-order valence-electron chi connectivity index (χ3n) is 5.23. The molecule has 1 aromatic carbocycles. The zero-order valence-corrected chi connectivity index (χ0v) is 16.5. The number of carbonyl (C=O) groups is 1. The van der Waals surface area contributed by atoms with E-state index >= 15 is 0 Å². The van der Waals surface area contributed by atoms with Gasteiger partial charge in [0.15, 0.2) is 0 Å². The third-order valence-corrected chi connectivity index (χ3v) is 5.23. The Morgan fingerprint density at radius 3 is 2.83 bits per heavy atom. The minimum absolute atomic E-state index is 0.106. The molecule has 2 aromatic heterocycles. The molecule has 3 heterocycles. The number of rotatable bonds is 5. The van der Waals surface area contributed by atoms with Gasteiger partial charge in [-0.2, -0.15) is 0 Å². The van der Waals surface area contributed by atoms with Gasteiger partial charge in [0, 0.05) is 43.8 Å². The number of piperidine rings is 1. The molecule has 1 aliphatic rings. The van der Waals surface area contributed by atoms with Gasteiger partial charge in [-0.15, -0.1) is 0 Å². The largest absolute Gasteiger partial charge is 0.437 e. The van der Waals surface area contributed by atoms with Gasteiger partial charge in [-0.1, -0.05) is 24.3 Å². The molecule has 1 atom stereocenters.